The van der Waals surface area contributed by atoms with E-state index in [2.05, 4.69) is 15.0 Å². The van der Waals surface area contributed by atoms with E-state index in [4.69, 9.17) is 0 Å². The maximum atomic E-state index is 13.7. The van der Waals surface area contributed by atoms with Gasteiger partial charge in [-0.2, -0.15) is 0 Å². The van der Waals surface area contributed by atoms with Crippen LogP contribution >= 0.6 is 11.3 Å². The Morgan fingerprint density at radius 1 is 1.18 bits per heavy atom. The van der Waals surface area contributed by atoms with Gasteiger partial charge in [-0.15, -0.1) is 11.3 Å². The van der Waals surface area contributed by atoms with Crippen molar-refractivity contribution < 1.29 is 17.6 Å². The van der Waals surface area contributed by atoms with Gasteiger partial charge in [0.25, 0.3) is 0 Å². The van der Waals surface area contributed by atoms with E-state index in [0.29, 0.717) is 5.69 Å². The van der Waals surface area contributed by atoms with Crippen molar-refractivity contribution in [3.8, 4) is 10.6 Å². The molecule has 28 heavy (non-hydrogen) atoms. The van der Waals surface area contributed by atoms with Gasteiger partial charge in [0.2, 0.25) is 15.9 Å². The van der Waals surface area contributed by atoms with Crippen molar-refractivity contribution >= 4 is 38.6 Å². The molecule has 2 N–H and O–H groups in total. The topological polar surface area (TPSA) is 88.2 Å². The van der Waals surface area contributed by atoms with Crippen molar-refractivity contribution in [1.82, 2.24) is 4.98 Å². The highest BCUT2D eigenvalue weighted by atomic mass is 32.2. The number of rotatable bonds is 6. The van der Waals surface area contributed by atoms with Crippen molar-refractivity contribution in [2.45, 2.75) is 13.3 Å². The molecule has 0 aliphatic carbocycles. The standard InChI is InChI=1S/C19H18FN3O3S2/c1-12-3-5-13(6-4-12)19-22-15(11-27-19)10-18(24)21-14-7-8-16(20)17(9-14)23-28(2,25)26/h3-9,11,23H,10H2,1-2H3,(H,21,24). The molecule has 0 spiro atoms. The van der Waals surface area contributed by atoms with Crippen LogP contribution in [0.4, 0.5) is 15.8 Å². The van der Waals surface area contributed by atoms with Crippen molar-refractivity contribution in [3.63, 3.8) is 0 Å². The molecule has 9 heteroatoms. The molecule has 2 aromatic carbocycles. The van der Waals surface area contributed by atoms with Crippen LogP contribution in [0, 0.1) is 12.7 Å². The number of hydrogen-bond donors (Lipinski definition) is 2. The van der Waals surface area contributed by atoms with E-state index in [1.165, 1.54) is 23.5 Å². The van der Waals surface area contributed by atoms with Crippen LogP contribution in [0.5, 0.6) is 0 Å². The molecule has 0 bridgehead atoms. The molecule has 0 fully saturated rings. The highest BCUT2D eigenvalue weighted by molar-refractivity contribution is 7.92. The SMILES string of the molecule is Cc1ccc(-c2nc(CC(=O)Nc3ccc(F)c(NS(C)(=O)=O)c3)cs2)cc1. The monoisotopic (exact) mass is 419 g/mol. The Balaban J connectivity index is 1.68. The zero-order chi connectivity index (χ0) is 20.3. The first-order valence-electron chi connectivity index (χ1n) is 8.28. The van der Waals surface area contributed by atoms with Gasteiger partial charge in [-0.1, -0.05) is 29.8 Å². The van der Waals surface area contributed by atoms with Crippen LogP contribution in [-0.4, -0.2) is 25.6 Å². The molecule has 6 nitrogen and oxygen atoms in total. The van der Waals surface area contributed by atoms with Gasteiger partial charge in [0.05, 0.1) is 24.1 Å². The molecule has 1 aromatic heterocycles. The molecule has 0 unspecified atom stereocenters. The highest BCUT2D eigenvalue weighted by Gasteiger charge is 2.12. The molecule has 146 valence electrons. The summed E-state index contributed by atoms with van der Waals surface area (Å²) in [5, 5.41) is 5.26. The van der Waals surface area contributed by atoms with Gasteiger partial charge < -0.3 is 5.32 Å². The lowest BCUT2D eigenvalue weighted by Crippen LogP contribution is -2.15. The lowest BCUT2D eigenvalue weighted by Gasteiger charge is -2.09. The number of benzene rings is 2. The maximum Gasteiger partial charge on any atom is 0.230 e. The molecular formula is C19H18FN3O3S2. The average molecular weight is 420 g/mol. The summed E-state index contributed by atoms with van der Waals surface area (Å²) in [7, 11) is -3.63. The van der Waals surface area contributed by atoms with Gasteiger partial charge in [0.1, 0.15) is 10.8 Å². The Morgan fingerprint density at radius 2 is 1.89 bits per heavy atom. The molecular weight excluding hydrogens is 401 g/mol. The predicted octanol–water partition coefficient (Wildman–Crippen LogP) is 3.81. The molecule has 1 amide bonds. The lowest BCUT2D eigenvalue weighted by atomic mass is 10.2. The molecule has 1 heterocycles. The van der Waals surface area contributed by atoms with E-state index < -0.39 is 15.8 Å². The third-order valence-electron chi connectivity index (χ3n) is 3.74. The van der Waals surface area contributed by atoms with Gasteiger partial charge in [-0.3, -0.25) is 9.52 Å². The minimum atomic E-state index is -3.63. The number of halogens is 1. The van der Waals surface area contributed by atoms with Crippen LogP contribution in [0.3, 0.4) is 0 Å². The zero-order valence-electron chi connectivity index (χ0n) is 15.2. The third-order valence-corrected chi connectivity index (χ3v) is 5.27. The molecule has 0 atom stereocenters. The normalized spacial score (nSPS) is 11.2. The maximum absolute atomic E-state index is 13.7. The number of thiazole rings is 1. The second kappa shape index (κ2) is 8.07. The number of sulfonamides is 1. The van der Waals surface area contributed by atoms with Crippen LogP contribution in [0.25, 0.3) is 10.6 Å². The number of anilines is 2. The van der Waals surface area contributed by atoms with E-state index in [1.54, 1.807) is 0 Å². The first-order chi connectivity index (χ1) is 13.2. The summed E-state index contributed by atoms with van der Waals surface area (Å²) in [4.78, 5) is 16.8. The summed E-state index contributed by atoms with van der Waals surface area (Å²) >= 11 is 1.45. The minimum absolute atomic E-state index is 0.0502. The fourth-order valence-electron chi connectivity index (χ4n) is 2.47. The molecule has 0 aliphatic heterocycles. The van der Waals surface area contributed by atoms with Crippen molar-refractivity contribution in [1.29, 1.82) is 0 Å². The molecule has 3 rings (SSSR count). The first-order valence-corrected chi connectivity index (χ1v) is 11.1. The summed E-state index contributed by atoms with van der Waals surface area (Å²) in [6, 6.07) is 11.6. The van der Waals surface area contributed by atoms with Crippen LogP contribution in [-0.2, 0) is 21.2 Å². The predicted molar refractivity (Wildman–Crippen MR) is 109 cm³/mol. The van der Waals surface area contributed by atoms with E-state index in [1.807, 2.05) is 36.6 Å². The number of amides is 1. The summed E-state index contributed by atoms with van der Waals surface area (Å²) in [6.07, 6.45) is 0.972. The molecule has 3 aromatic rings. The second-order valence-electron chi connectivity index (χ2n) is 6.30. The second-order valence-corrected chi connectivity index (χ2v) is 8.91. The summed E-state index contributed by atoms with van der Waals surface area (Å²) < 4.78 is 38.4. The number of aryl methyl sites for hydroxylation is 1. The Hall–Kier alpha value is -2.78. The van der Waals surface area contributed by atoms with Gasteiger partial charge in [0, 0.05) is 16.6 Å². The molecule has 0 aliphatic rings. The van der Waals surface area contributed by atoms with Crippen molar-refractivity contribution in [3.05, 3.63) is 64.9 Å². The Morgan fingerprint density at radius 3 is 2.57 bits per heavy atom. The smallest absolute Gasteiger partial charge is 0.230 e. The Bertz CT molecular complexity index is 1110. The number of hydrogen-bond acceptors (Lipinski definition) is 5. The number of aromatic nitrogens is 1. The fraction of sp³-hybridized carbons (Fsp3) is 0.158. The molecule has 0 saturated heterocycles. The average Bonchev–Trinajstić information content (AvgIpc) is 3.05. The highest BCUT2D eigenvalue weighted by Crippen LogP contribution is 2.25. The van der Waals surface area contributed by atoms with Crippen LogP contribution < -0.4 is 10.0 Å². The summed E-state index contributed by atoms with van der Waals surface area (Å²) in [5.41, 5.74) is 2.82. The molecule has 0 saturated carbocycles. The van der Waals surface area contributed by atoms with Gasteiger partial charge in [-0.25, -0.2) is 17.8 Å². The van der Waals surface area contributed by atoms with Gasteiger partial charge in [0.15, 0.2) is 0 Å². The third kappa shape index (κ3) is 5.37. The molecule has 0 radical (unpaired) electrons. The lowest BCUT2D eigenvalue weighted by molar-refractivity contribution is -0.115. The number of carbonyl (C=O) groups is 1. The fourth-order valence-corrected chi connectivity index (χ4v) is 3.85. The quantitative estimate of drug-likeness (QED) is 0.636. The number of carbonyl (C=O) groups excluding carboxylic acids is 1. The summed E-state index contributed by atoms with van der Waals surface area (Å²) in [5.74, 6) is -1.07. The van der Waals surface area contributed by atoms with Crippen LogP contribution in [0.15, 0.2) is 47.8 Å². The largest absolute Gasteiger partial charge is 0.326 e. The van der Waals surface area contributed by atoms with E-state index in [9.17, 15) is 17.6 Å². The van der Waals surface area contributed by atoms with Gasteiger partial charge in [-0.05, 0) is 25.1 Å². The number of nitrogens with one attached hydrogen (secondary N) is 2. The number of nitrogens with zero attached hydrogens (tertiary/aromatic N) is 1. The zero-order valence-corrected chi connectivity index (χ0v) is 16.8. The van der Waals surface area contributed by atoms with Crippen molar-refractivity contribution in [2.75, 3.05) is 16.3 Å². The first kappa shape index (κ1) is 20.0. The Labute approximate surface area is 166 Å². The minimum Gasteiger partial charge on any atom is -0.326 e. The summed E-state index contributed by atoms with van der Waals surface area (Å²) in [6.45, 7) is 2.01. The van der Waals surface area contributed by atoms with Crippen LogP contribution in [0.2, 0.25) is 0 Å². The van der Waals surface area contributed by atoms with Crippen molar-refractivity contribution in [2.24, 2.45) is 0 Å². The van der Waals surface area contributed by atoms with E-state index in [0.717, 1.165) is 28.5 Å². The van der Waals surface area contributed by atoms with E-state index >= 15 is 0 Å². The van der Waals surface area contributed by atoms with Crippen LogP contribution in [0.1, 0.15) is 11.3 Å². The van der Waals surface area contributed by atoms with E-state index in [-0.39, 0.29) is 23.7 Å². The van der Waals surface area contributed by atoms with Gasteiger partial charge >= 0.3 is 0 Å². The Kier molecular flexibility index (Phi) is 5.76.